The Bertz CT molecular complexity index is 315. The van der Waals surface area contributed by atoms with Gasteiger partial charge in [-0.3, -0.25) is 4.79 Å². The molecule has 88 valence electrons. The Hall–Kier alpha value is -0.620. The number of carbonyl (C=O) groups is 1. The van der Waals surface area contributed by atoms with Crippen LogP contribution in [0.15, 0.2) is 0 Å². The molecule has 1 fully saturated rings. The van der Waals surface area contributed by atoms with Crippen molar-refractivity contribution in [1.29, 1.82) is 0 Å². The largest absolute Gasteiger partial charge is 0.481 e. The Balaban J connectivity index is 2.53. The molecule has 5 nitrogen and oxygen atoms in total. The van der Waals surface area contributed by atoms with Crippen molar-refractivity contribution in [2.45, 2.75) is 37.5 Å². The Morgan fingerprint density at radius 2 is 2.27 bits per heavy atom. The van der Waals surface area contributed by atoms with Crippen molar-refractivity contribution >= 4 is 15.8 Å². The minimum atomic E-state index is -3.34. The first kappa shape index (κ1) is 12.4. The topological polar surface area (TPSA) is 80.7 Å². The summed E-state index contributed by atoms with van der Waals surface area (Å²) in [5.41, 5.74) is 0. The van der Waals surface area contributed by atoms with Crippen molar-refractivity contribution in [2.24, 2.45) is 0 Å². The summed E-state index contributed by atoms with van der Waals surface area (Å²) in [7, 11) is -3.34. The molecule has 0 aromatic heterocycles. The van der Waals surface area contributed by atoms with Crippen molar-refractivity contribution in [1.82, 2.24) is 0 Å². The molecule has 1 N–H and O–H groups in total. The number of carboxylic acids is 1. The van der Waals surface area contributed by atoms with Gasteiger partial charge in [0.1, 0.15) is 0 Å². The summed E-state index contributed by atoms with van der Waals surface area (Å²) < 4.78 is 28.6. The molecule has 15 heavy (non-hydrogen) atoms. The molecule has 0 aromatic rings. The number of sulfone groups is 1. The Morgan fingerprint density at radius 1 is 1.60 bits per heavy atom. The number of aliphatic carboxylic acids is 1. The highest BCUT2D eigenvalue weighted by Crippen LogP contribution is 2.17. The van der Waals surface area contributed by atoms with Crippen LogP contribution in [0.1, 0.15) is 26.2 Å². The summed E-state index contributed by atoms with van der Waals surface area (Å²) >= 11 is 0. The van der Waals surface area contributed by atoms with Crippen LogP contribution in [0.4, 0.5) is 0 Å². The summed E-state index contributed by atoms with van der Waals surface area (Å²) in [4.78, 5) is 10.4. The van der Waals surface area contributed by atoms with Crippen LogP contribution in [-0.2, 0) is 19.4 Å². The van der Waals surface area contributed by atoms with Crippen LogP contribution in [0.5, 0.6) is 0 Å². The van der Waals surface area contributed by atoms with Gasteiger partial charge in [-0.05, 0) is 19.8 Å². The van der Waals surface area contributed by atoms with Crippen LogP contribution in [-0.4, -0.2) is 43.2 Å². The third-order valence-corrected chi connectivity index (χ3v) is 4.75. The maximum atomic E-state index is 11.7. The zero-order valence-electron chi connectivity index (χ0n) is 8.68. The maximum Gasteiger partial charge on any atom is 0.304 e. The molecule has 0 bridgehead atoms. The van der Waals surface area contributed by atoms with E-state index in [4.69, 9.17) is 9.84 Å². The molecular formula is C9H16O5S. The number of ether oxygens (including phenoxy) is 1. The van der Waals surface area contributed by atoms with Crippen LogP contribution in [0, 0.1) is 0 Å². The van der Waals surface area contributed by atoms with Crippen molar-refractivity contribution in [3.05, 3.63) is 0 Å². The highest BCUT2D eigenvalue weighted by atomic mass is 32.2. The summed E-state index contributed by atoms with van der Waals surface area (Å²) in [6.07, 6.45) is 1.05. The fourth-order valence-electron chi connectivity index (χ4n) is 1.57. The van der Waals surface area contributed by atoms with Gasteiger partial charge in [0, 0.05) is 6.61 Å². The molecule has 0 amide bonds. The third-order valence-electron chi connectivity index (χ3n) is 2.52. The molecular weight excluding hydrogens is 220 g/mol. The first-order valence-electron chi connectivity index (χ1n) is 4.97. The molecule has 1 heterocycles. The molecule has 2 unspecified atom stereocenters. The Labute approximate surface area is 89.3 Å². The number of carboxylic acid groups (broad SMARTS) is 1. The minimum absolute atomic E-state index is 0.0541. The molecule has 1 saturated heterocycles. The van der Waals surface area contributed by atoms with Gasteiger partial charge in [-0.25, -0.2) is 8.42 Å². The predicted octanol–water partition coefficient (Wildman–Crippen LogP) is 0.443. The first-order valence-corrected chi connectivity index (χ1v) is 6.68. The fraction of sp³-hybridized carbons (Fsp3) is 0.889. The number of hydrogen-bond acceptors (Lipinski definition) is 4. The molecule has 0 aromatic carbocycles. The highest BCUT2D eigenvalue weighted by molar-refractivity contribution is 7.92. The standard InChI is InChI=1S/C9H16O5S/c1-7(5-9(10)11)15(12,13)6-8-3-2-4-14-8/h7-8H,2-6H2,1H3,(H,10,11). The van der Waals surface area contributed by atoms with E-state index in [1.165, 1.54) is 6.92 Å². The average molecular weight is 236 g/mol. The quantitative estimate of drug-likeness (QED) is 0.749. The molecule has 0 saturated carbocycles. The second-order valence-corrected chi connectivity index (χ2v) is 6.34. The van der Waals surface area contributed by atoms with Gasteiger partial charge in [0.2, 0.25) is 0 Å². The van der Waals surface area contributed by atoms with Gasteiger partial charge >= 0.3 is 5.97 Å². The second kappa shape index (κ2) is 4.94. The summed E-state index contributed by atoms with van der Waals surface area (Å²) in [5, 5.41) is 7.68. The molecule has 1 aliphatic heterocycles. The normalized spacial score (nSPS) is 23.9. The molecule has 2 atom stereocenters. The van der Waals surface area contributed by atoms with E-state index in [9.17, 15) is 13.2 Å². The maximum absolute atomic E-state index is 11.7. The predicted molar refractivity (Wildman–Crippen MR) is 54.5 cm³/mol. The van der Waals surface area contributed by atoms with Gasteiger partial charge in [-0.2, -0.15) is 0 Å². The SMILES string of the molecule is CC(CC(=O)O)S(=O)(=O)CC1CCCO1. The molecule has 0 aliphatic carbocycles. The third kappa shape index (κ3) is 3.79. The average Bonchev–Trinajstić information content (AvgIpc) is 2.54. The van der Waals surface area contributed by atoms with Gasteiger partial charge in [0.05, 0.1) is 23.5 Å². The van der Waals surface area contributed by atoms with Crippen LogP contribution in [0.2, 0.25) is 0 Å². The van der Waals surface area contributed by atoms with Gasteiger partial charge in [0.25, 0.3) is 0 Å². The molecule has 1 aliphatic rings. The monoisotopic (exact) mass is 236 g/mol. The lowest BCUT2D eigenvalue weighted by Crippen LogP contribution is -2.29. The Kier molecular flexibility index (Phi) is 4.10. The van der Waals surface area contributed by atoms with E-state index in [-0.39, 0.29) is 18.3 Å². The lowest BCUT2D eigenvalue weighted by molar-refractivity contribution is -0.136. The second-order valence-electron chi connectivity index (χ2n) is 3.87. The lowest BCUT2D eigenvalue weighted by Gasteiger charge is -2.14. The smallest absolute Gasteiger partial charge is 0.304 e. The highest BCUT2D eigenvalue weighted by Gasteiger charge is 2.29. The minimum Gasteiger partial charge on any atom is -0.481 e. The van der Waals surface area contributed by atoms with Gasteiger partial charge < -0.3 is 9.84 Å². The fourth-order valence-corrected chi connectivity index (χ4v) is 3.08. The van der Waals surface area contributed by atoms with Gasteiger partial charge in [-0.15, -0.1) is 0 Å². The Morgan fingerprint density at radius 3 is 2.73 bits per heavy atom. The zero-order valence-corrected chi connectivity index (χ0v) is 9.50. The summed E-state index contributed by atoms with van der Waals surface area (Å²) in [6.45, 7) is 2.03. The van der Waals surface area contributed by atoms with Crippen molar-refractivity contribution in [2.75, 3.05) is 12.4 Å². The van der Waals surface area contributed by atoms with E-state index in [1.807, 2.05) is 0 Å². The van der Waals surface area contributed by atoms with E-state index >= 15 is 0 Å². The first-order chi connectivity index (χ1) is 6.92. The van der Waals surface area contributed by atoms with Crippen molar-refractivity contribution < 1.29 is 23.1 Å². The van der Waals surface area contributed by atoms with Crippen molar-refractivity contribution in [3.63, 3.8) is 0 Å². The summed E-state index contributed by atoms with van der Waals surface area (Å²) in [6, 6.07) is 0. The van der Waals surface area contributed by atoms with Crippen molar-refractivity contribution in [3.8, 4) is 0 Å². The van der Waals surface area contributed by atoms with E-state index in [0.29, 0.717) is 6.61 Å². The van der Waals surface area contributed by atoms with Crippen LogP contribution < -0.4 is 0 Å². The van der Waals surface area contributed by atoms with E-state index in [0.717, 1.165) is 12.8 Å². The number of hydrogen-bond donors (Lipinski definition) is 1. The van der Waals surface area contributed by atoms with E-state index in [2.05, 4.69) is 0 Å². The summed E-state index contributed by atoms with van der Waals surface area (Å²) in [5.74, 6) is -1.14. The van der Waals surface area contributed by atoms with Gasteiger partial charge in [-0.1, -0.05) is 0 Å². The molecule has 1 rings (SSSR count). The van der Waals surface area contributed by atoms with E-state index < -0.39 is 21.1 Å². The molecule has 0 radical (unpaired) electrons. The van der Waals surface area contributed by atoms with Crippen LogP contribution in [0.25, 0.3) is 0 Å². The lowest BCUT2D eigenvalue weighted by atomic mass is 10.3. The van der Waals surface area contributed by atoms with Crippen LogP contribution >= 0.6 is 0 Å². The molecule has 6 heteroatoms. The number of rotatable bonds is 5. The molecule has 0 spiro atoms. The van der Waals surface area contributed by atoms with Gasteiger partial charge in [0.15, 0.2) is 9.84 Å². The zero-order chi connectivity index (χ0) is 11.5. The van der Waals surface area contributed by atoms with E-state index in [1.54, 1.807) is 0 Å². The van der Waals surface area contributed by atoms with Crippen LogP contribution in [0.3, 0.4) is 0 Å².